The molecule has 2 heterocycles. The molecule has 1 aliphatic rings. The van der Waals surface area contributed by atoms with Gasteiger partial charge in [-0.15, -0.1) is 11.8 Å². The quantitative estimate of drug-likeness (QED) is 0.0747. The maximum absolute atomic E-state index is 14.5. The Bertz CT molecular complexity index is 2330. The molecule has 1 aromatic heterocycles. The molecule has 60 heavy (non-hydrogen) atoms. The molecular formula is C43H42F5N3O8S. The number of fused-ring (bicyclic) bond motifs is 1. The molecule has 0 aliphatic carbocycles. The van der Waals surface area contributed by atoms with Crippen LogP contribution in [0.25, 0.3) is 22.0 Å². The maximum Gasteiger partial charge on any atom is 0.416 e. The molecule has 2 atom stereocenters. The van der Waals surface area contributed by atoms with Gasteiger partial charge in [0.1, 0.15) is 6.54 Å². The van der Waals surface area contributed by atoms with Gasteiger partial charge in [-0.25, -0.2) is 18.4 Å². The van der Waals surface area contributed by atoms with Crippen LogP contribution >= 0.6 is 11.8 Å². The van der Waals surface area contributed by atoms with Crippen LogP contribution in [-0.2, 0) is 39.4 Å². The van der Waals surface area contributed by atoms with Crippen molar-refractivity contribution in [3.63, 3.8) is 0 Å². The Morgan fingerprint density at radius 2 is 1.42 bits per heavy atom. The van der Waals surface area contributed by atoms with Crippen LogP contribution in [-0.4, -0.2) is 90.5 Å². The van der Waals surface area contributed by atoms with Gasteiger partial charge in [0.25, 0.3) is 0 Å². The Balaban J connectivity index is 0.000000606. The number of aliphatic hydroxyl groups excluding tert-OH is 2. The molecule has 2 unspecified atom stereocenters. The van der Waals surface area contributed by atoms with Crippen molar-refractivity contribution in [2.45, 2.75) is 68.1 Å². The molecule has 1 saturated heterocycles. The molecule has 1 aliphatic heterocycles. The molecule has 0 saturated carbocycles. The first-order chi connectivity index (χ1) is 28.5. The monoisotopic (exact) mass is 855 g/mol. The predicted molar refractivity (Wildman–Crippen MR) is 214 cm³/mol. The van der Waals surface area contributed by atoms with Crippen LogP contribution in [0, 0.1) is 11.6 Å². The van der Waals surface area contributed by atoms with Crippen LogP contribution in [0.4, 0.5) is 22.0 Å². The third kappa shape index (κ3) is 11.3. The lowest BCUT2D eigenvalue weighted by atomic mass is 10.00. The number of benzene rings is 4. The van der Waals surface area contributed by atoms with Gasteiger partial charge in [0.2, 0.25) is 5.91 Å². The van der Waals surface area contributed by atoms with Crippen molar-refractivity contribution in [2.75, 3.05) is 19.6 Å². The Morgan fingerprint density at radius 3 is 1.98 bits per heavy atom. The fraction of sp³-hybridized carbons (Fsp3) is 0.302. The molecule has 0 radical (unpaired) electrons. The van der Waals surface area contributed by atoms with Crippen molar-refractivity contribution in [3.05, 3.63) is 136 Å². The number of piperidine rings is 1. The van der Waals surface area contributed by atoms with Gasteiger partial charge in [0.15, 0.2) is 29.3 Å². The number of amides is 1. The Hall–Kier alpha value is -5.62. The van der Waals surface area contributed by atoms with E-state index in [1.165, 1.54) is 42.1 Å². The van der Waals surface area contributed by atoms with Crippen LogP contribution in [0.5, 0.6) is 0 Å². The molecule has 0 spiro atoms. The summed E-state index contributed by atoms with van der Waals surface area (Å²) in [6, 6.07) is 24.9. The Kier molecular flexibility index (Phi) is 15.2. The lowest BCUT2D eigenvalue weighted by Crippen LogP contribution is -2.48. The summed E-state index contributed by atoms with van der Waals surface area (Å²) in [5, 5.41) is 33.4. The average molecular weight is 856 g/mol. The lowest BCUT2D eigenvalue weighted by Gasteiger charge is -2.38. The first-order valence-electron chi connectivity index (χ1n) is 18.8. The number of para-hydroxylation sites is 1. The Morgan fingerprint density at radius 1 is 0.833 bits per heavy atom. The number of thioether (sulfide) groups is 1. The summed E-state index contributed by atoms with van der Waals surface area (Å²) in [4.78, 5) is 51.3. The molecule has 0 bridgehead atoms. The number of alkyl halides is 3. The third-order valence-electron chi connectivity index (χ3n) is 10.1. The van der Waals surface area contributed by atoms with E-state index in [0.717, 1.165) is 61.8 Å². The molecule has 6 rings (SSSR count). The van der Waals surface area contributed by atoms with Gasteiger partial charge in [-0.05, 0) is 66.4 Å². The highest BCUT2D eigenvalue weighted by molar-refractivity contribution is 7.98. The lowest BCUT2D eigenvalue weighted by molar-refractivity contribution is -0.165. The summed E-state index contributed by atoms with van der Waals surface area (Å²) in [6.07, 6.45) is -7.37. The van der Waals surface area contributed by atoms with E-state index in [1.54, 1.807) is 28.8 Å². The van der Waals surface area contributed by atoms with Gasteiger partial charge >= 0.3 is 18.1 Å². The summed E-state index contributed by atoms with van der Waals surface area (Å²) in [5.41, 5.74) is 2.05. The zero-order valence-corrected chi connectivity index (χ0v) is 33.0. The number of aromatic nitrogens is 1. The molecule has 5 aromatic rings. The van der Waals surface area contributed by atoms with E-state index >= 15 is 0 Å². The van der Waals surface area contributed by atoms with Crippen molar-refractivity contribution >= 4 is 40.5 Å². The summed E-state index contributed by atoms with van der Waals surface area (Å²) < 4.78 is 69.5. The molecule has 4 aromatic carbocycles. The fourth-order valence-electron chi connectivity index (χ4n) is 6.71. The van der Waals surface area contributed by atoms with Crippen LogP contribution in [0.1, 0.15) is 36.5 Å². The van der Waals surface area contributed by atoms with Gasteiger partial charge in [0.05, 0.1) is 16.1 Å². The number of nitrogens with zero attached hydrogens (tertiary/aromatic N) is 3. The number of pyridine rings is 1. The number of likely N-dealkylation sites (tertiary alicyclic amines) is 1. The van der Waals surface area contributed by atoms with E-state index in [0.29, 0.717) is 28.0 Å². The minimum Gasteiger partial charge on any atom is -0.479 e. The number of aliphatic hydroxyl groups is 2. The fourth-order valence-corrected chi connectivity index (χ4v) is 7.75. The first kappa shape index (κ1) is 45.5. The Labute approximate surface area is 345 Å². The van der Waals surface area contributed by atoms with Crippen LogP contribution in [0.3, 0.4) is 0 Å². The van der Waals surface area contributed by atoms with Gasteiger partial charge in [-0.1, -0.05) is 67.6 Å². The number of hydrogen-bond donors (Lipinski definition) is 4. The summed E-state index contributed by atoms with van der Waals surface area (Å²) in [7, 11) is 0. The number of carbonyl (C=O) groups is 3. The van der Waals surface area contributed by atoms with Gasteiger partial charge < -0.3 is 34.8 Å². The van der Waals surface area contributed by atoms with E-state index in [9.17, 15) is 41.1 Å². The van der Waals surface area contributed by atoms with Crippen molar-refractivity contribution in [1.82, 2.24) is 14.4 Å². The van der Waals surface area contributed by atoms with Gasteiger partial charge in [-0.3, -0.25) is 9.59 Å². The summed E-state index contributed by atoms with van der Waals surface area (Å²) >= 11 is 1.17. The minimum atomic E-state index is -4.41. The van der Waals surface area contributed by atoms with Crippen molar-refractivity contribution in [1.29, 1.82) is 0 Å². The normalized spacial score (nSPS) is 14.5. The molecular weight excluding hydrogens is 814 g/mol. The van der Waals surface area contributed by atoms with Crippen molar-refractivity contribution in [2.24, 2.45) is 0 Å². The van der Waals surface area contributed by atoms with Gasteiger partial charge in [-0.2, -0.15) is 13.2 Å². The topological polar surface area (TPSA) is 161 Å². The average Bonchev–Trinajstić information content (AvgIpc) is 3.24. The maximum atomic E-state index is 14.5. The number of carboxylic acid groups (broad SMARTS) is 2. The first-order valence-corrected chi connectivity index (χ1v) is 19.7. The number of carboxylic acids is 2. The van der Waals surface area contributed by atoms with Crippen molar-refractivity contribution in [3.8, 4) is 11.1 Å². The number of rotatable bonds is 13. The van der Waals surface area contributed by atoms with E-state index in [1.807, 2.05) is 29.2 Å². The summed E-state index contributed by atoms with van der Waals surface area (Å²) in [5.74, 6) is -5.53. The standard InChI is InChI=1S/C39H36F5N3O2S.C4H6O6/c1-2-45-20-18-31(19-21-45)46(23-26-10-12-27(13-11-26)28-14-16-30(17-15-28)39(42,43)44)36(49)24-47-34-9-4-3-7-32(34)35(48)22-37(47)50-25-29-6-5-8-33(40)38(29)41;5-1(3(7)8)2(6)4(9)10/h3-17,22,31H,2,18-21,23-25H2,1H3;1-2,5-6H,(H,7,8)(H,9,10). The third-order valence-corrected chi connectivity index (χ3v) is 11.2. The molecule has 1 fully saturated rings. The zero-order valence-electron chi connectivity index (χ0n) is 32.2. The number of carbonyl (C=O) groups excluding carboxylic acids is 1. The predicted octanol–water partition coefficient (Wildman–Crippen LogP) is 6.65. The second-order valence-corrected chi connectivity index (χ2v) is 15.0. The van der Waals surface area contributed by atoms with Gasteiger partial charge in [0, 0.05) is 48.4 Å². The highest BCUT2D eigenvalue weighted by Crippen LogP contribution is 2.32. The largest absolute Gasteiger partial charge is 0.479 e. The van der Waals surface area contributed by atoms with E-state index in [2.05, 4.69) is 11.8 Å². The molecule has 1 amide bonds. The molecule has 11 nitrogen and oxygen atoms in total. The molecule has 17 heteroatoms. The smallest absolute Gasteiger partial charge is 0.416 e. The van der Waals surface area contributed by atoms with Crippen LogP contribution in [0.2, 0.25) is 0 Å². The zero-order chi connectivity index (χ0) is 43.7. The SMILES string of the molecule is CCN1CCC(N(Cc2ccc(-c3ccc(C(F)(F)F)cc3)cc2)C(=O)Cn2c(SCc3cccc(F)c3F)cc(=O)c3ccccc32)CC1.O=C(O)C(O)C(O)C(=O)O. The molecule has 4 N–H and O–H groups in total. The number of hydrogen-bond acceptors (Lipinski definition) is 8. The highest BCUT2D eigenvalue weighted by atomic mass is 32.2. The second-order valence-electron chi connectivity index (χ2n) is 14.0. The summed E-state index contributed by atoms with van der Waals surface area (Å²) in [6.45, 7) is 4.96. The van der Waals surface area contributed by atoms with E-state index in [4.69, 9.17) is 20.4 Å². The van der Waals surface area contributed by atoms with E-state index < -0.39 is 47.5 Å². The number of halogens is 5. The van der Waals surface area contributed by atoms with E-state index in [-0.39, 0.29) is 35.2 Å². The van der Waals surface area contributed by atoms with Crippen LogP contribution in [0.15, 0.2) is 107 Å². The van der Waals surface area contributed by atoms with Crippen LogP contribution < -0.4 is 5.43 Å². The molecule has 318 valence electrons. The number of aliphatic carboxylic acids is 2. The second kappa shape index (κ2) is 20.1. The van der Waals surface area contributed by atoms with Crippen molar-refractivity contribution < 1.29 is 56.8 Å². The highest BCUT2D eigenvalue weighted by Gasteiger charge is 2.31. The minimum absolute atomic E-state index is 0.0389.